The fraction of sp³-hybridized carbons (Fsp3) is 0.538. The summed E-state index contributed by atoms with van der Waals surface area (Å²) in [6, 6.07) is 7.27. The van der Waals surface area contributed by atoms with E-state index < -0.39 is 0 Å². The van der Waals surface area contributed by atoms with E-state index in [1.807, 2.05) is 7.05 Å². The highest BCUT2D eigenvalue weighted by Crippen LogP contribution is 2.31. The molecule has 1 aliphatic rings. The molecule has 1 N–H and O–H groups in total. The standard InChI is InChI=1S/C13H20N2/c1-10(2)15-8-7-12-11(9-14-3)5-4-6-13(12)15/h4-6,10,14H,7-9H2,1-3H3. The highest BCUT2D eigenvalue weighted by Gasteiger charge is 2.22. The molecule has 2 nitrogen and oxygen atoms in total. The predicted molar refractivity (Wildman–Crippen MR) is 65.4 cm³/mol. The molecule has 0 aromatic heterocycles. The third kappa shape index (κ3) is 1.86. The van der Waals surface area contributed by atoms with Crippen molar-refractivity contribution in [3.63, 3.8) is 0 Å². The van der Waals surface area contributed by atoms with E-state index in [1.54, 1.807) is 5.56 Å². The fourth-order valence-electron chi connectivity index (χ4n) is 2.42. The predicted octanol–water partition coefficient (Wildman–Crippen LogP) is 2.18. The maximum Gasteiger partial charge on any atom is 0.0405 e. The molecule has 0 aliphatic carbocycles. The van der Waals surface area contributed by atoms with Crippen LogP contribution in [-0.4, -0.2) is 19.6 Å². The zero-order chi connectivity index (χ0) is 10.8. The quantitative estimate of drug-likeness (QED) is 0.812. The number of benzene rings is 1. The minimum Gasteiger partial charge on any atom is -0.369 e. The van der Waals surface area contributed by atoms with E-state index in [0.717, 1.165) is 6.54 Å². The van der Waals surface area contributed by atoms with E-state index in [2.05, 4.69) is 42.3 Å². The number of nitrogens with one attached hydrogen (secondary N) is 1. The van der Waals surface area contributed by atoms with Crippen LogP contribution in [0.5, 0.6) is 0 Å². The molecule has 1 aliphatic heterocycles. The Kier molecular flexibility index (Phi) is 2.96. The first kappa shape index (κ1) is 10.5. The summed E-state index contributed by atoms with van der Waals surface area (Å²) < 4.78 is 0. The molecule has 0 unspecified atom stereocenters. The Morgan fingerprint density at radius 1 is 1.40 bits per heavy atom. The van der Waals surface area contributed by atoms with Crippen molar-refractivity contribution >= 4 is 5.69 Å². The first-order valence-electron chi connectivity index (χ1n) is 5.76. The van der Waals surface area contributed by atoms with Crippen molar-refractivity contribution in [2.75, 3.05) is 18.5 Å². The third-order valence-corrected chi connectivity index (χ3v) is 3.15. The van der Waals surface area contributed by atoms with Crippen LogP contribution >= 0.6 is 0 Å². The molecule has 2 heteroatoms. The molecule has 1 aromatic rings. The Bertz CT molecular complexity index is 344. The van der Waals surface area contributed by atoms with Crippen molar-refractivity contribution in [1.82, 2.24) is 5.32 Å². The normalized spacial score (nSPS) is 14.8. The molecule has 0 saturated heterocycles. The third-order valence-electron chi connectivity index (χ3n) is 3.15. The van der Waals surface area contributed by atoms with Gasteiger partial charge in [0, 0.05) is 24.8 Å². The van der Waals surface area contributed by atoms with E-state index >= 15 is 0 Å². The number of hydrogen-bond donors (Lipinski definition) is 1. The molecule has 0 atom stereocenters. The Balaban J connectivity index is 2.34. The van der Waals surface area contributed by atoms with Gasteiger partial charge in [-0.3, -0.25) is 0 Å². The van der Waals surface area contributed by atoms with E-state index in [9.17, 15) is 0 Å². The van der Waals surface area contributed by atoms with E-state index in [1.165, 1.54) is 24.2 Å². The van der Waals surface area contributed by atoms with Gasteiger partial charge in [-0.25, -0.2) is 0 Å². The van der Waals surface area contributed by atoms with Gasteiger partial charge in [0.25, 0.3) is 0 Å². The van der Waals surface area contributed by atoms with Crippen molar-refractivity contribution in [2.24, 2.45) is 0 Å². The van der Waals surface area contributed by atoms with Crippen LogP contribution in [-0.2, 0) is 13.0 Å². The van der Waals surface area contributed by atoms with Crippen LogP contribution in [0.25, 0.3) is 0 Å². The lowest BCUT2D eigenvalue weighted by atomic mass is 10.0. The lowest BCUT2D eigenvalue weighted by molar-refractivity contribution is 0.710. The number of nitrogens with zero attached hydrogens (tertiary/aromatic N) is 1. The molecule has 82 valence electrons. The van der Waals surface area contributed by atoms with Crippen LogP contribution in [0, 0.1) is 0 Å². The molecule has 0 fully saturated rings. The lowest BCUT2D eigenvalue weighted by Crippen LogP contribution is -2.28. The van der Waals surface area contributed by atoms with Crippen LogP contribution in [0.2, 0.25) is 0 Å². The minimum absolute atomic E-state index is 0.607. The summed E-state index contributed by atoms with van der Waals surface area (Å²) >= 11 is 0. The molecule has 15 heavy (non-hydrogen) atoms. The molecule has 0 amide bonds. The van der Waals surface area contributed by atoms with Crippen molar-refractivity contribution in [1.29, 1.82) is 0 Å². The number of anilines is 1. The average molecular weight is 204 g/mol. The Morgan fingerprint density at radius 3 is 2.87 bits per heavy atom. The molecule has 1 aromatic carbocycles. The molecule has 2 rings (SSSR count). The van der Waals surface area contributed by atoms with Gasteiger partial charge in [-0.1, -0.05) is 12.1 Å². The Morgan fingerprint density at radius 2 is 2.20 bits per heavy atom. The summed E-state index contributed by atoms with van der Waals surface area (Å²) in [7, 11) is 2.01. The number of hydrogen-bond acceptors (Lipinski definition) is 2. The van der Waals surface area contributed by atoms with Crippen LogP contribution in [0.1, 0.15) is 25.0 Å². The average Bonchev–Trinajstić information content (AvgIpc) is 2.62. The van der Waals surface area contributed by atoms with Gasteiger partial charge < -0.3 is 10.2 Å². The summed E-state index contributed by atoms with van der Waals surface area (Å²) in [5.74, 6) is 0. The van der Waals surface area contributed by atoms with Gasteiger partial charge in [-0.15, -0.1) is 0 Å². The summed E-state index contributed by atoms with van der Waals surface area (Å²) in [6.45, 7) is 6.68. The molecule has 0 radical (unpaired) electrons. The zero-order valence-electron chi connectivity index (χ0n) is 9.88. The maximum absolute atomic E-state index is 3.24. The van der Waals surface area contributed by atoms with Gasteiger partial charge >= 0.3 is 0 Å². The molecule has 0 saturated carbocycles. The molecular weight excluding hydrogens is 184 g/mol. The zero-order valence-corrected chi connectivity index (χ0v) is 9.88. The monoisotopic (exact) mass is 204 g/mol. The second-order valence-electron chi connectivity index (χ2n) is 4.48. The van der Waals surface area contributed by atoms with Crippen molar-refractivity contribution in [3.8, 4) is 0 Å². The Hall–Kier alpha value is -1.02. The largest absolute Gasteiger partial charge is 0.369 e. The fourth-order valence-corrected chi connectivity index (χ4v) is 2.42. The maximum atomic E-state index is 3.24. The van der Waals surface area contributed by atoms with Crippen LogP contribution < -0.4 is 10.2 Å². The smallest absolute Gasteiger partial charge is 0.0405 e. The Labute approximate surface area is 92.3 Å². The topological polar surface area (TPSA) is 15.3 Å². The van der Waals surface area contributed by atoms with Gasteiger partial charge in [0.05, 0.1) is 0 Å². The second kappa shape index (κ2) is 4.23. The van der Waals surface area contributed by atoms with Gasteiger partial charge in [-0.2, -0.15) is 0 Å². The SMILES string of the molecule is CNCc1cccc2c1CCN2C(C)C. The van der Waals surface area contributed by atoms with Crippen LogP contribution in [0.4, 0.5) is 5.69 Å². The summed E-state index contributed by atoms with van der Waals surface area (Å²) in [4.78, 5) is 2.49. The molecule has 0 bridgehead atoms. The first-order chi connectivity index (χ1) is 7.24. The van der Waals surface area contributed by atoms with E-state index in [-0.39, 0.29) is 0 Å². The second-order valence-corrected chi connectivity index (χ2v) is 4.48. The van der Waals surface area contributed by atoms with E-state index in [0.29, 0.717) is 6.04 Å². The summed E-state index contributed by atoms with van der Waals surface area (Å²) in [5, 5.41) is 3.24. The van der Waals surface area contributed by atoms with Gasteiger partial charge in [0.2, 0.25) is 0 Å². The van der Waals surface area contributed by atoms with Crippen LogP contribution in [0.3, 0.4) is 0 Å². The number of fused-ring (bicyclic) bond motifs is 1. The van der Waals surface area contributed by atoms with Crippen molar-refractivity contribution in [2.45, 2.75) is 32.9 Å². The molecule has 0 spiro atoms. The lowest BCUT2D eigenvalue weighted by Gasteiger charge is -2.24. The summed E-state index contributed by atoms with van der Waals surface area (Å²) in [6.07, 6.45) is 1.20. The minimum atomic E-state index is 0.607. The summed E-state index contributed by atoms with van der Waals surface area (Å²) in [5.41, 5.74) is 4.44. The van der Waals surface area contributed by atoms with Crippen molar-refractivity contribution < 1.29 is 0 Å². The highest BCUT2D eigenvalue weighted by molar-refractivity contribution is 5.61. The van der Waals surface area contributed by atoms with Crippen LogP contribution in [0.15, 0.2) is 18.2 Å². The first-order valence-corrected chi connectivity index (χ1v) is 5.76. The highest BCUT2D eigenvalue weighted by atomic mass is 15.2. The van der Waals surface area contributed by atoms with Gasteiger partial charge in [-0.05, 0) is 44.5 Å². The molecule has 1 heterocycles. The molecular formula is C13H20N2. The number of rotatable bonds is 3. The van der Waals surface area contributed by atoms with Gasteiger partial charge in [0.15, 0.2) is 0 Å². The van der Waals surface area contributed by atoms with Gasteiger partial charge in [0.1, 0.15) is 0 Å². The van der Waals surface area contributed by atoms with E-state index in [4.69, 9.17) is 0 Å². The van der Waals surface area contributed by atoms with Crippen molar-refractivity contribution in [3.05, 3.63) is 29.3 Å².